The van der Waals surface area contributed by atoms with Crippen molar-refractivity contribution in [1.82, 2.24) is 15.6 Å². The van der Waals surface area contributed by atoms with Gasteiger partial charge in [-0.2, -0.15) is 16.9 Å². The number of hydrazone groups is 1. The van der Waals surface area contributed by atoms with E-state index in [0.717, 1.165) is 43.7 Å². The zero-order chi connectivity index (χ0) is 26.1. The third-order valence-corrected chi connectivity index (χ3v) is 6.05. The number of rotatable bonds is 19. The minimum Gasteiger partial charge on any atom is -0.391 e. The van der Waals surface area contributed by atoms with E-state index in [-0.39, 0.29) is 23.7 Å². The Morgan fingerprint density at radius 2 is 1.79 bits per heavy atom. The molecular weight excluding hydrogens is 452 g/mol. The minimum atomic E-state index is -0.820. The Morgan fingerprint density at radius 3 is 2.32 bits per heavy atom. The second-order valence-electron chi connectivity index (χ2n) is 9.61. The van der Waals surface area contributed by atoms with Crippen LogP contribution in [0.4, 0.5) is 0 Å². The highest BCUT2D eigenvalue weighted by molar-refractivity contribution is 7.98. The predicted molar refractivity (Wildman–Crippen MR) is 142 cm³/mol. The molecule has 0 unspecified atom stereocenters. The standard InChI is InChI=1S/C25H48N4O4S/c1-8-29(28-19(4)5)13-10-9-11-24(32)26-21(12-14-34-7)25(33)27-22(15-18(2)3)23(31)16-20(6)17-30/h17-18,20-23,31H,8-16H2,1-7H3,(H,26,32)(H,27,33)/t20-,21+,22+,23+/m1/s1. The first-order valence-corrected chi connectivity index (χ1v) is 13.9. The number of thioether (sulfide) groups is 1. The lowest BCUT2D eigenvalue weighted by molar-refractivity contribution is -0.130. The number of carbonyl (C=O) groups excluding carboxylic acids is 3. The zero-order valence-electron chi connectivity index (χ0n) is 22.3. The van der Waals surface area contributed by atoms with Crippen molar-refractivity contribution < 1.29 is 19.5 Å². The van der Waals surface area contributed by atoms with E-state index in [4.69, 9.17) is 0 Å². The summed E-state index contributed by atoms with van der Waals surface area (Å²) in [4.78, 5) is 36.6. The number of carbonyl (C=O) groups is 3. The van der Waals surface area contributed by atoms with Crippen LogP contribution in [0.3, 0.4) is 0 Å². The van der Waals surface area contributed by atoms with Gasteiger partial charge in [0.05, 0.1) is 12.1 Å². The largest absolute Gasteiger partial charge is 0.391 e. The first-order valence-electron chi connectivity index (χ1n) is 12.5. The fourth-order valence-electron chi connectivity index (χ4n) is 3.62. The van der Waals surface area contributed by atoms with E-state index in [9.17, 15) is 19.5 Å². The molecule has 0 saturated carbocycles. The molecule has 0 aromatic carbocycles. The maximum absolute atomic E-state index is 13.1. The Balaban J connectivity index is 4.95. The fraction of sp³-hybridized carbons (Fsp3) is 0.840. The van der Waals surface area contributed by atoms with Crippen LogP contribution in [0, 0.1) is 11.8 Å². The van der Waals surface area contributed by atoms with Gasteiger partial charge in [0.1, 0.15) is 12.3 Å². The van der Waals surface area contributed by atoms with Gasteiger partial charge in [-0.05, 0) is 70.8 Å². The topological polar surface area (TPSA) is 111 Å². The normalized spacial score (nSPS) is 14.6. The smallest absolute Gasteiger partial charge is 0.242 e. The summed E-state index contributed by atoms with van der Waals surface area (Å²) >= 11 is 1.62. The highest BCUT2D eigenvalue weighted by atomic mass is 32.2. The molecule has 8 nitrogen and oxygen atoms in total. The van der Waals surface area contributed by atoms with Crippen molar-refractivity contribution in [1.29, 1.82) is 0 Å². The van der Waals surface area contributed by atoms with Crippen LogP contribution in [0.2, 0.25) is 0 Å². The van der Waals surface area contributed by atoms with Gasteiger partial charge in [0.25, 0.3) is 0 Å². The number of aliphatic hydroxyl groups is 1. The molecule has 0 rings (SSSR count). The molecule has 0 aliphatic carbocycles. The summed E-state index contributed by atoms with van der Waals surface area (Å²) in [5, 5.41) is 22.9. The number of unbranched alkanes of at least 4 members (excludes halogenated alkanes) is 1. The van der Waals surface area contributed by atoms with Crippen LogP contribution in [-0.2, 0) is 14.4 Å². The Kier molecular flexibility index (Phi) is 17.8. The number of aliphatic hydroxyl groups excluding tert-OH is 1. The average Bonchev–Trinajstić information content (AvgIpc) is 2.77. The number of amides is 2. The van der Waals surface area contributed by atoms with Gasteiger partial charge in [0.15, 0.2) is 0 Å². The van der Waals surface area contributed by atoms with Crippen molar-refractivity contribution in [3.05, 3.63) is 0 Å². The fourth-order valence-corrected chi connectivity index (χ4v) is 4.09. The minimum absolute atomic E-state index is 0.144. The highest BCUT2D eigenvalue weighted by Gasteiger charge is 2.28. The zero-order valence-corrected chi connectivity index (χ0v) is 23.1. The molecule has 0 saturated heterocycles. The third kappa shape index (κ3) is 15.3. The summed E-state index contributed by atoms with van der Waals surface area (Å²) in [7, 11) is 0. The van der Waals surface area contributed by atoms with Gasteiger partial charge in [0.2, 0.25) is 11.8 Å². The van der Waals surface area contributed by atoms with Crippen molar-refractivity contribution >= 4 is 35.6 Å². The van der Waals surface area contributed by atoms with E-state index >= 15 is 0 Å². The molecule has 9 heteroatoms. The molecule has 3 N–H and O–H groups in total. The summed E-state index contributed by atoms with van der Waals surface area (Å²) in [6.45, 7) is 13.4. The molecular formula is C25H48N4O4S. The SMILES string of the molecule is CCN(CCCCC(=O)N[C@@H](CCSC)C(=O)N[C@@H](CC(C)C)[C@@H](O)C[C@@H](C)C=O)N=C(C)C. The highest BCUT2D eigenvalue weighted by Crippen LogP contribution is 2.15. The van der Waals surface area contributed by atoms with E-state index in [1.807, 2.05) is 39.0 Å². The number of hydrogen-bond donors (Lipinski definition) is 3. The average molecular weight is 501 g/mol. The molecule has 0 fully saturated rings. The van der Waals surface area contributed by atoms with E-state index in [1.54, 1.807) is 18.7 Å². The second kappa shape index (κ2) is 18.7. The molecule has 4 atom stereocenters. The van der Waals surface area contributed by atoms with Gasteiger partial charge in [-0.1, -0.05) is 20.8 Å². The summed E-state index contributed by atoms with van der Waals surface area (Å²) in [6.07, 6.45) is 5.27. The van der Waals surface area contributed by atoms with Crippen molar-refractivity contribution in [2.45, 2.75) is 98.3 Å². The molecule has 0 bridgehead atoms. The van der Waals surface area contributed by atoms with Crippen molar-refractivity contribution in [3.8, 4) is 0 Å². The van der Waals surface area contributed by atoms with Crippen LogP contribution in [0.25, 0.3) is 0 Å². The Morgan fingerprint density at radius 1 is 1.12 bits per heavy atom. The van der Waals surface area contributed by atoms with Gasteiger partial charge in [-0.3, -0.25) is 14.6 Å². The Hall–Kier alpha value is -1.61. The summed E-state index contributed by atoms with van der Waals surface area (Å²) in [5.41, 5.74) is 1.00. The molecule has 0 aliphatic heterocycles. The number of nitrogens with one attached hydrogen (secondary N) is 2. The van der Waals surface area contributed by atoms with E-state index in [1.165, 1.54) is 0 Å². The molecule has 0 radical (unpaired) electrons. The second-order valence-corrected chi connectivity index (χ2v) is 10.6. The molecule has 0 aliphatic rings. The van der Waals surface area contributed by atoms with Gasteiger partial charge in [0, 0.05) is 31.1 Å². The molecule has 2 amide bonds. The van der Waals surface area contributed by atoms with Crippen LogP contribution in [0.15, 0.2) is 5.10 Å². The first kappa shape index (κ1) is 32.4. The molecule has 0 aromatic heterocycles. The van der Waals surface area contributed by atoms with E-state index < -0.39 is 18.2 Å². The van der Waals surface area contributed by atoms with Crippen LogP contribution in [0.1, 0.15) is 80.1 Å². The van der Waals surface area contributed by atoms with Gasteiger partial charge in [-0.25, -0.2) is 0 Å². The van der Waals surface area contributed by atoms with E-state index in [0.29, 0.717) is 25.7 Å². The van der Waals surface area contributed by atoms with Gasteiger partial charge >= 0.3 is 0 Å². The lowest BCUT2D eigenvalue weighted by Crippen LogP contribution is -2.53. The monoisotopic (exact) mass is 500 g/mol. The maximum atomic E-state index is 13.1. The molecule has 34 heavy (non-hydrogen) atoms. The number of nitrogens with zero attached hydrogens (tertiary/aromatic N) is 2. The molecule has 0 heterocycles. The Bertz CT molecular complexity index is 626. The lowest BCUT2D eigenvalue weighted by Gasteiger charge is -2.29. The van der Waals surface area contributed by atoms with Crippen molar-refractivity contribution in [2.24, 2.45) is 16.9 Å². The third-order valence-electron chi connectivity index (χ3n) is 5.40. The number of aldehydes is 1. The quantitative estimate of drug-likeness (QED) is 0.109. The van der Waals surface area contributed by atoms with Crippen LogP contribution >= 0.6 is 11.8 Å². The molecule has 0 aromatic rings. The van der Waals surface area contributed by atoms with Gasteiger partial charge < -0.3 is 20.5 Å². The van der Waals surface area contributed by atoms with Crippen LogP contribution < -0.4 is 10.6 Å². The molecule has 198 valence electrons. The van der Waals surface area contributed by atoms with Gasteiger partial charge in [-0.15, -0.1) is 0 Å². The molecule has 0 spiro atoms. The van der Waals surface area contributed by atoms with Crippen molar-refractivity contribution in [3.63, 3.8) is 0 Å². The van der Waals surface area contributed by atoms with E-state index in [2.05, 4.69) is 22.7 Å². The predicted octanol–water partition coefficient (Wildman–Crippen LogP) is 3.23. The summed E-state index contributed by atoms with van der Waals surface area (Å²) in [5.74, 6) is 0.279. The Labute approximate surface area is 211 Å². The summed E-state index contributed by atoms with van der Waals surface area (Å²) in [6, 6.07) is -1.11. The number of hydrogen-bond acceptors (Lipinski definition) is 7. The maximum Gasteiger partial charge on any atom is 0.242 e. The van der Waals surface area contributed by atoms with Crippen LogP contribution in [-0.4, -0.2) is 77.2 Å². The summed E-state index contributed by atoms with van der Waals surface area (Å²) < 4.78 is 0. The first-order chi connectivity index (χ1) is 16.0. The van der Waals surface area contributed by atoms with Crippen molar-refractivity contribution in [2.75, 3.05) is 25.1 Å². The van der Waals surface area contributed by atoms with Crippen LogP contribution in [0.5, 0.6) is 0 Å². The lowest BCUT2D eigenvalue weighted by atomic mass is 9.93.